The van der Waals surface area contributed by atoms with Gasteiger partial charge in [-0.25, -0.2) is 14.2 Å². The SMILES string of the molecule is CCOC(=O)C1=C(C)N=c2s/c(=C/c3ccc(F)cc3)c(=O)n2C1c1ccccc1Cl. The normalized spacial score (nSPS) is 16.1. The number of carbonyl (C=O) groups excluding carboxylic acids is 1. The van der Waals surface area contributed by atoms with Crippen LogP contribution >= 0.6 is 22.9 Å². The second kappa shape index (κ2) is 8.61. The third kappa shape index (κ3) is 3.98. The van der Waals surface area contributed by atoms with Gasteiger partial charge in [-0.1, -0.05) is 53.3 Å². The van der Waals surface area contributed by atoms with Crippen molar-refractivity contribution < 1.29 is 13.9 Å². The Morgan fingerprint density at radius 2 is 1.97 bits per heavy atom. The molecule has 0 fully saturated rings. The van der Waals surface area contributed by atoms with Gasteiger partial charge in [0.2, 0.25) is 0 Å². The first-order valence-corrected chi connectivity index (χ1v) is 10.8. The zero-order chi connectivity index (χ0) is 22.1. The Labute approximate surface area is 186 Å². The van der Waals surface area contributed by atoms with Crippen molar-refractivity contribution in [1.82, 2.24) is 4.57 Å². The standard InChI is InChI=1S/C23H18ClFN2O3S/c1-3-30-22(29)19-13(2)26-23-27(20(19)16-6-4-5-7-17(16)24)21(28)18(31-23)12-14-8-10-15(25)11-9-14/h4-12,20H,3H2,1-2H3/b18-12+. The predicted octanol–water partition coefficient (Wildman–Crippen LogP) is 3.59. The molecule has 0 saturated heterocycles. The molecule has 0 aliphatic carbocycles. The van der Waals surface area contributed by atoms with Gasteiger partial charge in [0.1, 0.15) is 11.9 Å². The number of thiazole rings is 1. The van der Waals surface area contributed by atoms with Crippen molar-refractivity contribution in [3.05, 3.63) is 101 Å². The summed E-state index contributed by atoms with van der Waals surface area (Å²) >= 11 is 7.66. The molecule has 5 nitrogen and oxygen atoms in total. The molecule has 8 heteroatoms. The van der Waals surface area contributed by atoms with Gasteiger partial charge in [-0.15, -0.1) is 0 Å². The van der Waals surface area contributed by atoms with Crippen LogP contribution in [0, 0.1) is 5.82 Å². The number of ether oxygens (including phenoxy) is 1. The van der Waals surface area contributed by atoms with Gasteiger partial charge in [-0.05, 0) is 49.2 Å². The number of esters is 1. The van der Waals surface area contributed by atoms with Gasteiger partial charge in [-0.3, -0.25) is 9.36 Å². The maximum Gasteiger partial charge on any atom is 0.338 e. The molecule has 2 aromatic carbocycles. The van der Waals surface area contributed by atoms with Crippen molar-refractivity contribution in [1.29, 1.82) is 0 Å². The summed E-state index contributed by atoms with van der Waals surface area (Å²) in [6, 6.07) is 12.2. The van der Waals surface area contributed by atoms with E-state index in [1.807, 2.05) is 0 Å². The van der Waals surface area contributed by atoms with Crippen LogP contribution in [0.3, 0.4) is 0 Å². The number of allylic oxidation sites excluding steroid dienone is 1. The van der Waals surface area contributed by atoms with E-state index in [1.54, 1.807) is 56.3 Å². The largest absolute Gasteiger partial charge is 0.463 e. The van der Waals surface area contributed by atoms with Crippen LogP contribution in [0.2, 0.25) is 5.02 Å². The van der Waals surface area contributed by atoms with Crippen LogP contribution in [-0.4, -0.2) is 17.1 Å². The molecule has 1 unspecified atom stereocenters. The number of carbonyl (C=O) groups is 1. The molecule has 1 aliphatic rings. The molecular weight excluding hydrogens is 439 g/mol. The third-order valence-corrected chi connectivity index (χ3v) is 6.21. The lowest BCUT2D eigenvalue weighted by molar-refractivity contribution is -0.139. The molecule has 1 atom stereocenters. The number of nitrogens with zero attached hydrogens (tertiary/aromatic N) is 2. The highest BCUT2D eigenvalue weighted by molar-refractivity contribution is 7.07. The van der Waals surface area contributed by atoms with Gasteiger partial charge >= 0.3 is 5.97 Å². The number of hydrogen-bond acceptors (Lipinski definition) is 5. The molecule has 2 heterocycles. The Kier molecular flexibility index (Phi) is 5.89. The Morgan fingerprint density at radius 3 is 2.65 bits per heavy atom. The molecule has 0 amide bonds. The lowest BCUT2D eigenvalue weighted by Gasteiger charge is -2.25. The van der Waals surface area contributed by atoms with Crippen molar-refractivity contribution >= 4 is 35.0 Å². The summed E-state index contributed by atoms with van der Waals surface area (Å²) in [4.78, 5) is 31.2. The van der Waals surface area contributed by atoms with Crippen LogP contribution in [0.5, 0.6) is 0 Å². The van der Waals surface area contributed by atoms with E-state index in [-0.39, 0.29) is 23.6 Å². The van der Waals surface area contributed by atoms with Crippen LogP contribution in [0.1, 0.15) is 31.0 Å². The molecule has 0 saturated carbocycles. The summed E-state index contributed by atoms with van der Waals surface area (Å²) in [6.45, 7) is 3.63. The zero-order valence-corrected chi connectivity index (χ0v) is 18.3. The first kappa shape index (κ1) is 21.2. The third-order valence-electron chi connectivity index (χ3n) is 4.88. The first-order chi connectivity index (χ1) is 14.9. The Balaban J connectivity index is 1.97. The molecular formula is C23H18ClFN2O3S. The number of fused-ring (bicyclic) bond motifs is 1. The summed E-state index contributed by atoms with van der Waals surface area (Å²) in [5.41, 5.74) is 1.72. The van der Waals surface area contributed by atoms with Crippen molar-refractivity contribution in [2.24, 2.45) is 4.99 Å². The summed E-state index contributed by atoms with van der Waals surface area (Å²) in [6.07, 6.45) is 1.68. The van der Waals surface area contributed by atoms with E-state index in [0.717, 1.165) is 0 Å². The number of rotatable bonds is 4. The molecule has 3 aromatic rings. The van der Waals surface area contributed by atoms with Crippen LogP contribution < -0.4 is 14.9 Å². The van der Waals surface area contributed by atoms with E-state index < -0.39 is 12.0 Å². The van der Waals surface area contributed by atoms with E-state index in [4.69, 9.17) is 16.3 Å². The monoisotopic (exact) mass is 456 g/mol. The average Bonchev–Trinajstić information content (AvgIpc) is 3.04. The number of hydrogen-bond donors (Lipinski definition) is 0. The van der Waals surface area contributed by atoms with Gasteiger partial charge in [0.05, 0.1) is 22.4 Å². The topological polar surface area (TPSA) is 60.7 Å². The quantitative estimate of drug-likeness (QED) is 0.564. The lowest BCUT2D eigenvalue weighted by atomic mass is 9.96. The fraction of sp³-hybridized carbons (Fsp3) is 0.174. The summed E-state index contributed by atoms with van der Waals surface area (Å²) < 4.78 is 20.4. The second-order valence-corrected chi connectivity index (χ2v) is 8.29. The molecule has 0 N–H and O–H groups in total. The fourth-order valence-corrected chi connectivity index (χ4v) is 4.78. The van der Waals surface area contributed by atoms with Crippen LogP contribution in [0.15, 0.2) is 69.6 Å². The van der Waals surface area contributed by atoms with E-state index in [0.29, 0.717) is 31.2 Å². The van der Waals surface area contributed by atoms with Gasteiger partial charge in [0, 0.05) is 5.02 Å². The summed E-state index contributed by atoms with van der Waals surface area (Å²) in [7, 11) is 0. The minimum Gasteiger partial charge on any atom is -0.463 e. The molecule has 0 bridgehead atoms. The molecule has 4 rings (SSSR count). The Morgan fingerprint density at radius 1 is 1.26 bits per heavy atom. The highest BCUT2D eigenvalue weighted by Gasteiger charge is 2.34. The molecule has 0 radical (unpaired) electrons. The maximum absolute atomic E-state index is 13.4. The van der Waals surface area contributed by atoms with Crippen LogP contribution in [-0.2, 0) is 9.53 Å². The smallest absolute Gasteiger partial charge is 0.338 e. The van der Waals surface area contributed by atoms with Crippen LogP contribution in [0.4, 0.5) is 4.39 Å². The van der Waals surface area contributed by atoms with Gasteiger partial charge < -0.3 is 4.74 Å². The lowest BCUT2D eigenvalue weighted by Crippen LogP contribution is -2.40. The molecule has 1 aromatic heterocycles. The maximum atomic E-state index is 13.4. The molecule has 158 valence electrons. The predicted molar refractivity (Wildman–Crippen MR) is 118 cm³/mol. The second-order valence-electron chi connectivity index (χ2n) is 6.88. The van der Waals surface area contributed by atoms with Gasteiger partial charge in [0.15, 0.2) is 4.80 Å². The molecule has 0 spiro atoms. The molecule has 1 aliphatic heterocycles. The number of benzene rings is 2. The van der Waals surface area contributed by atoms with Gasteiger partial charge in [0.25, 0.3) is 5.56 Å². The Bertz CT molecular complexity index is 1370. The van der Waals surface area contributed by atoms with Crippen molar-refractivity contribution in [2.45, 2.75) is 19.9 Å². The van der Waals surface area contributed by atoms with Crippen molar-refractivity contribution in [3.63, 3.8) is 0 Å². The van der Waals surface area contributed by atoms with E-state index in [9.17, 15) is 14.0 Å². The Hall–Kier alpha value is -3.03. The average molecular weight is 457 g/mol. The zero-order valence-electron chi connectivity index (χ0n) is 16.8. The number of aromatic nitrogens is 1. The van der Waals surface area contributed by atoms with E-state index >= 15 is 0 Å². The minimum absolute atomic E-state index is 0.194. The summed E-state index contributed by atoms with van der Waals surface area (Å²) in [5, 5.41) is 0.428. The molecule has 31 heavy (non-hydrogen) atoms. The van der Waals surface area contributed by atoms with Crippen molar-refractivity contribution in [2.75, 3.05) is 6.61 Å². The minimum atomic E-state index is -0.764. The first-order valence-electron chi connectivity index (χ1n) is 9.60. The van der Waals surface area contributed by atoms with Crippen molar-refractivity contribution in [3.8, 4) is 0 Å². The highest BCUT2D eigenvalue weighted by Crippen LogP contribution is 2.34. The van der Waals surface area contributed by atoms with Gasteiger partial charge in [-0.2, -0.15) is 0 Å². The van der Waals surface area contributed by atoms with Crippen LogP contribution in [0.25, 0.3) is 6.08 Å². The van der Waals surface area contributed by atoms with E-state index in [1.165, 1.54) is 28.0 Å². The van der Waals surface area contributed by atoms with E-state index in [2.05, 4.69) is 4.99 Å². The fourth-order valence-electron chi connectivity index (χ4n) is 3.49. The number of halogens is 2. The summed E-state index contributed by atoms with van der Waals surface area (Å²) in [5.74, 6) is -0.895. The highest BCUT2D eigenvalue weighted by atomic mass is 35.5.